The third-order valence-electron chi connectivity index (χ3n) is 4.19. The first-order valence-electron chi connectivity index (χ1n) is 8.06. The Balaban J connectivity index is 2.17. The Kier molecular flexibility index (Phi) is 4.61. The Morgan fingerprint density at radius 2 is 1.88 bits per heavy atom. The monoisotopic (exact) mass is 335 g/mol. The topological polar surface area (TPSA) is 42.7 Å². The zero-order valence-corrected chi connectivity index (χ0v) is 14.9. The molecule has 4 heteroatoms. The summed E-state index contributed by atoms with van der Waals surface area (Å²) in [5.74, 6) is 0.622. The lowest BCUT2D eigenvalue weighted by atomic mass is 9.99. The number of carbonyl (C=O) groups is 1. The van der Waals surface area contributed by atoms with E-state index in [4.69, 9.17) is 9.15 Å². The van der Waals surface area contributed by atoms with Crippen LogP contribution < -0.4 is 4.74 Å². The van der Waals surface area contributed by atoms with Crippen LogP contribution in [-0.2, 0) is 4.79 Å². The highest BCUT2D eigenvalue weighted by molar-refractivity contribution is 6.00. The minimum absolute atomic E-state index is 0.0601. The molecule has 0 saturated heterocycles. The van der Waals surface area contributed by atoms with E-state index in [1.165, 1.54) is 0 Å². The van der Waals surface area contributed by atoms with Crippen molar-refractivity contribution in [2.24, 2.45) is 0 Å². The number of ether oxygens (including phenoxy) is 1. The van der Waals surface area contributed by atoms with Gasteiger partial charge in [-0.05, 0) is 24.1 Å². The first kappa shape index (κ1) is 16.8. The van der Waals surface area contributed by atoms with Gasteiger partial charge in [-0.15, -0.1) is 0 Å². The molecule has 0 spiro atoms. The van der Waals surface area contributed by atoms with E-state index in [1.807, 2.05) is 49.4 Å². The number of rotatable bonds is 4. The molecule has 0 aliphatic carbocycles. The minimum Gasteiger partial charge on any atom is -0.496 e. The first-order valence-corrected chi connectivity index (χ1v) is 8.06. The lowest BCUT2D eigenvalue weighted by Gasteiger charge is -2.11. The molecule has 0 bridgehead atoms. The number of hydrogen-bond acceptors (Lipinski definition) is 3. The summed E-state index contributed by atoms with van der Waals surface area (Å²) in [4.78, 5) is 13.6. The average molecular weight is 335 g/mol. The Labute approximate surface area is 147 Å². The molecule has 128 valence electrons. The second kappa shape index (κ2) is 6.85. The molecule has 1 aromatic heterocycles. The number of allylic oxidation sites excluding steroid dienone is 1. The predicted molar refractivity (Wildman–Crippen MR) is 101 cm³/mol. The van der Waals surface area contributed by atoms with Crippen LogP contribution in [0.3, 0.4) is 0 Å². The van der Waals surface area contributed by atoms with E-state index >= 15 is 0 Å². The fourth-order valence-corrected chi connectivity index (χ4v) is 2.77. The molecule has 2 aromatic carbocycles. The molecule has 0 fully saturated rings. The van der Waals surface area contributed by atoms with Crippen molar-refractivity contribution in [3.8, 4) is 16.9 Å². The van der Waals surface area contributed by atoms with Gasteiger partial charge in [0.05, 0.1) is 13.4 Å². The van der Waals surface area contributed by atoms with Crippen molar-refractivity contribution in [3.05, 3.63) is 60.4 Å². The Hall–Kier alpha value is -3.01. The van der Waals surface area contributed by atoms with Crippen LogP contribution in [0.25, 0.3) is 27.7 Å². The van der Waals surface area contributed by atoms with E-state index in [0.717, 1.165) is 33.2 Å². The summed E-state index contributed by atoms with van der Waals surface area (Å²) >= 11 is 0. The molecule has 1 amide bonds. The van der Waals surface area contributed by atoms with E-state index in [-0.39, 0.29) is 5.91 Å². The SMILES string of the molecule is COc1cc2occ(-c3ccccc3)c2cc1/C(C)=C/C(=O)N(C)C. The number of carbonyl (C=O) groups excluding carboxylic acids is 1. The molecule has 0 atom stereocenters. The largest absolute Gasteiger partial charge is 0.496 e. The minimum atomic E-state index is -0.0601. The van der Waals surface area contributed by atoms with Crippen molar-refractivity contribution in [1.29, 1.82) is 0 Å². The highest BCUT2D eigenvalue weighted by atomic mass is 16.5. The molecule has 25 heavy (non-hydrogen) atoms. The summed E-state index contributed by atoms with van der Waals surface area (Å²) in [6.07, 6.45) is 3.37. The number of methoxy groups -OCH3 is 1. The quantitative estimate of drug-likeness (QED) is 0.654. The third-order valence-corrected chi connectivity index (χ3v) is 4.19. The molecule has 0 unspecified atom stereocenters. The van der Waals surface area contributed by atoms with Crippen LogP contribution in [0.15, 0.2) is 59.2 Å². The summed E-state index contributed by atoms with van der Waals surface area (Å²) in [5, 5.41) is 0.993. The highest BCUT2D eigenvalue weighted by Crippen LogP contribution is 2.37. The number of furan rings is 1. The van der Waals surface area contributed by atoms with Crippen molar-refractivity contribution in [3.63, 3.8) is 0 Å². The molecule has 0 aliphatic heterocycles. The van der Waals surface area contributed by atoms with Crippen LogP contribution in [-0.4, -0.2) is 32.0 Å². The smallest absolute Gasteiger partial charge is 0.246 e. The number of likely N-dealkylation sites (N-methyl/N-ethyl adjacent to an activating group) is 1. The van der Waals surface area contributed by atoms with Crippen molar-refractivity contribution in [2.75, 3.05) is 21.2 Å². The average Bonchev–Trinajstić information content (AvgIpc) is 3.03. The van der Waals surface area contributed by atoms with Crippen LogP contribution in [0.4, 0.5) is 0 Å². The maximum Gasteiger partial charge on any atom is 0.246 e. The van der Waals surface area contributed by atoms with Gasteiger partial charge in [-0.2, -0.15) is 0 Å². The van der Waals surface area contributed by atoms with Gasteiger partial charge in [-0.3, -0.25) is 4.79 Å². The molecule has 0 radical (unpaired) electrons. The van der Waals surface area contributed by atoms with Gasteiger partial charge in [0.25, 0.3) is 0 Å². The van der Waals surface area contributed by atoms with Gasteiger partial charge in [-0.1, -0.05) is 30.3 Å². The van der Waals surface area contributed by atoms with E-state index in [0.29, 0.717) is 5.75 Å². The van der Waals surface area contributed by atoms with Crippen molar-refractivity contribution >= 4 is 22.4 Å². The lowest BCUT2D eigenvalue weighted by molar-refractivity contribution is -0.123. The summed E-state index contributed by atoms with van der Waals surface area (Å²) in [6, 6.07) is 14.0. The molecule has 0 aliphatic rings. The van der Waals surface area contributed by atoms with Gasteiger partial charge in [-0.25, -0.2) is 0 Å². The Morgan fingerprint density at radius 1 is 1.16 bits per heavy atom. The normalized spacial score (nSPS) is 11.6. The number of benzene rings is 2. The van der Waals surface area contributed by atoms with Gasteiger partial charge in [0.15, 0.2) is 0 Å². The van der Waals surface area contributed by atoms with Crippen molar-refractivity contribution in [1.82, 2.24) is 4.90 Å². The standard InChI is InChI=1S/C21H21NO3/c1-14(10-21(23)22(2)3)16-11-17-18(15-8-6-5-7-9-15)13-25-20(17)12-19(16)24-4/h5-13H,1-4H3/b14-10+. The first-order chi connectivity index (χ1) is 12.0. The van der Waals surface area contributed by atoms with Gasteiger partial charge in [0.2, 0.25) is 5.91 Å². The molecule has 1 heterocycles. The molecular weight excluding hydrogens is 314 g/mol. The highest BCUT2D eigenvalue weighted by Gasteiger charge is 2.15. The lowest BCUT2D eigenvalue weighted by Crippen LogP contribution is -2.19. The second-order valence-corrected chi connectivity index (χ2v) is 6.12. The summed E-state index contributed by atoms with van der Waals surface area (Å²) in [5.41, 5.74) is 4.59. The van der Waals surface area contributed by atoms with Crippen molar-refractivity contribution < 1.29 is 13.9 Å². The molecule has 0 saturated carbocycles. The number of fused-ring (bicyclic) bond motifs is 1. The molecule has 0 N–H and O–H groups in total. The summed E-state index contributed by atoms with van der Waals surface area (Å²) < 4.78 is 11.2. The van der Waals surface area contributed by atoms with Gasteiger partial charge >= 0.3 is 0 Å². The summed E-state index contributed by atoms with van der Waals surface area (Å²) in [6.45, 7) is 1.91. The van der Waals surface area contributed by atoms with E-state index in [2.05, 4.69) is 0 Å². The zero-order chi connectivity index (χ0) is 18.0. The second-order valence-electron chi connectivity index (χ2n) is 6.12. The predicted octanol–water partition coefficient (Wildman–Crippen LogP) is 4.60. The number of nitrogens with zero attached hydrogens (tertiary/aromatic N) is 1. The van der Waals surface area contributed by atoms with Crippen LogP contribution in [0.2, 0.25) is 0 Å². The van der Waals surface area contributed by atoms with Gasteiger partial charge in [0.1, 0.15) is 11.3 Å². The fourth-order valence-electron chi connectivity index (χ4n) is 2.77. The van der Waals surface area contributed by atoms with Gasteiger partial charge < -0.3 is 14.1 Å². The van der Waals surface area contributed by atoms with E-state index < -0.39 is 0 Å². The fraction of sp³-hybridized carbons (Fsp3) is 0.190. The van der Waals surface area contributed by atoms with E-state index in [9.17, 15) is 4.79 Å². The van der Waals surface area contributed by atoms with E-state index in [1.54, 1.807) is 38.4 Å². The zero-order valence-electron chi connectivity index (χ0n) is 14.9. The Bertz CT molecular complexity index is 936. The van der Waals surface area contributed by atoms with Crippen LogP contribution in [0, 0.1) is 0 Å². The Morgan fingerprint density at radius 3 is 2.52 bits per heavy atom. The third kappa shape index (κ3) is 3.29. The maximum absolute atomic E-state index is 12.0. The molecule has 4 nitrogen and oxygen atoms in total. The molecule has 3 rings (SSSR count). The van der Waals surface area contributed by atoms with Crippen LogP contribution in [0.1, 0.15) is 12.5 Å². The molecular formula is C21H21NO3. The number of amides is 1. The maximum atomic E-state index is 12.0. The number of hydrogen-bond donors (Lipinski definition) is 0. The van der Waals surface area contributed by atoms with Crippen molar-refractivity contribution in [2.45, 2.75) is 6.92 Å². The summed E-state index contributed by atoms with van der Waals surface area (Å²) in [7, 11) is 5.08. The van der Waals surface area contributed by atoms with Gasteiger partial charge in [0, 0.05) is 42.8 Å². The van der Waals surface area contributed by atoms with Crippen LogP contribution >= 0.6 is 0 Å². The molecule has 3 aromatic rings. The van der Waals surface area contributed by atoms with Crippen LogP contribution in [0.5, 0.6) is 5.75 Å².